The lowest BCUT2D eigenvalue weighted by atomic mass is 10.0. The van der Waals surface area contributed by atoms with Crippen LogP contribution in [0.4, 0.5) is 13.6 Å². The van der Waals surface area contributed by atoms with Crippen LogP contribution in [0, 0.1) is 0 Å². The van der Waals surface area contributed by atoms with Gasteiger partial charge in [0.15, 0.2) is 6.61 Å². The molecule has 3 N–H and O–H groups in total. The van der Waals surface area contributed by atoms with Crippen LogP contribution in [-0.2, 0) is 20.7 Å². The summed E-state index contributed by atoms with van der Waals surface area (Å²) >= 11 is 0. The summed E-state index contributed by atoms with van der Waals surface area (Å²) in [5.74, 6) is -5.11. The zero-order valence-corrected chi connectivity index (χ0v) is 20.3. The van der Waals surface area contributed by atoms with Crippen molar-refractivity contribution in [2.75, 3.05) is 19.7 Å². The number of carbonyl (C=O) groups is 3. The van der Waals surface area contributed by atoms with Crippen molar-refractivity contribution in [3.05, 3.63) is 64.4 Å². The monoisotopic (exact) mass is 528 g/mol. The highest BCUT2D eigenvalue weighted by molar-refractivity contribution is 5.87. The Bertz CT molecular complexity index is 1410. The highest BCUT2D eigenvalue weighted by atomic mass is 19.3. The molecule has 0 radical (unpaired) electrons. The number of alkyl carbamates (subject to hydrolysis) is 1. The van der Waals surface area contributed by atoms with Crippen molar-refractivity contribution >= 4 is 29.0 Å². The van der Waals surface area contributed by atoms with Crippen LogP contribution in [0.3, 0.4) is 0 Å². The lowest BCUT2D eigenvalue weighted by molar-refractivity contribution is -0.147. The van der Waals surface area contributed by atoms with Crippen molar-refractivity contribution < 1.29 is 33.0 Å². The van der Waals surface area contributed by atoms with Crippen molar-refractivity contribution in [2.24, 2.45) is 0 Å². The number of nitrogens with one attached hydrogen (secondary N) is 2. The number of alkyl halides is 2. The molecule has 2 amide bonds. The Morgan fingerprint density at radius 1 is 1.18 bits per heavy atom. The van der Waals surface area contributed by atoms with Gasteiger partial charge in [0.1, 0.15) is 18.3 Å². The van der Waals surface area contributed by atoms with Gasteiger partial charge in [-0.1, -0.05) is 30.3 Å². The molecule has 0 saturated carbocycles. The summed E-state index contributed by atoms with van der Waals surface area (Å²) in [6.07, 6.45) is -1.04. The minimum atomic E-state index is -3.35. The zero-order valence-electron chi connectivity index (χ0n) is 20.3. The van der Waals surface area contributed by atoms with Crippen LogP contribution in [-0.4, -0.2) is 69.6 Å². The smallest absolute Gasteiger partial charge is 0.407 e. The van der Waals surface area contributed by atoms with Gasteiger partial charge in [-0.3, -0.25) is 9.59 Å². The fourth-order valence-corrected chi connectivity index (χ4v) is 4.29. The lowest BCUT2D eigenvalue weighted by Gasteiger charge is -2.21. The van der Waals surface area contributed by atoms with E-state index in [0.717, 1.165) is 4.90 Å². The molecule has 1 aliphatic rings. The number of para-hydroxylation sites is 2. The number of hydrogen-bond donors (Lipinski definition) is 3. The second kappa shape index (κ2) is 11.4. The number of carboxylic acids is 1. The molecule has 200 valence electrons. The van der Waals surface area contributed by atoms with Gasteiger partial charge in [0, 0.05) is 18.5 Å². The Labute approximate surface area is 215 Å². The maximum Gasteiger partial charge on any atom is 0.407 e. The van der Waals surface area contributed by atoms with Crippen LogP contribution >= 0.6 is 0 Å². The van der Waals surface area contributed by atoms with Gasteiger partial charge >= 0.3 is 12.1 Å². The second-order valence-electron chi connectivity index (χ2n) is 9.00. The number of carboxylic acid groups (broad SMARTS) is 1. The largest absolute Gasteiger partial charge is 0.480 e. The Balaban J connectivity index is 1.28. The SMILES string of the molecule is O=C(NCC(=O)N1CCCC1C(=O)O)OCC(F)(F)CCc1cccc(-c2nc3ccccc3[nH]c2=O)c1. The number of H-pyrrole nitrogens is 1. The summed E-state index contributed by atoms with van der Waals surface area (Å²) in [4.78, 5) is 55.9. The maximum atomic E-state index is 14.4. The molecule has 1 unspecified atom stereocenters. The number of aromatic amines is 1. The number of hydrogen-bond acceptors (Lipinski definition) is 6. The summed E-state index contributed by atoms with van der Waals surface area (Å²) in [5, 5.41) is 11.2. The number of fused-ring (bicyclic) bond motifs is 1. The molecule has 12 heteroatoms. The molecule has 1 saturated heterocycles. The van der Waals surface area contributed by atoms with Gasteiger partial charge in [0.05, 0.1) is 11.0 Å². The molecular weight excluding hydrogens is 502 g/mol. The van der Waals surface area contributed by atoms with Crippen molar-refractivity contribution in [2.45, 2.75) is 37.6 Å². The van der Waals surface area contributed by atoms with Crippen LogP contribution < -0.4 is 10.9 Å². The van der Waals surface area contributed by atoms with E-state index in [4.69, 9.17) is 5.11 Å². The summed E-state index contributed by atoms with van der Waals surface area (Å²) in [6, 6.07) is 12.7. The molecule has 0 bridgehead atoms. The first-order chi connectivity index (χ1) is 18.1. The molecule has 2 heterocycles. The summed E-state index contributed by atoms with van der Waals surface area (Å²) in [6.45, 7) is -1.50. The number of halogens is 2. The first-order valence-electron chi connectivity index (χ1n) is 12.0. The van der Waals surface area contributed by atoms with E-state index in [1.165, 1.54) is 0 Å². The van der Waals surface area contributed by atoms with Gasteiger partial charge in [0.25, 0.3) is 11.5 Å². The van der Waals surface area contributed by atoms with Crippen LogP contribution in [0.25, 0.3) is 22.3 Å². The van der Waals surface area contributed by atoms with Gasteiger partial charge < -0.3 is 25.0 Å². The second-order valence-corrected chi connectivity index (χ2v) is 9.00. The minimum Gasteiger partial charge on any atom is -0.480 e. The molecule has 10 nitrogen and oxygen atoms in total. The fraction of sp³-hybridized carbons (Fsp3) is 0.346. The van der Waals surface area contributed by atoms with Crippen molar-refractivity contribution in [3.63, 3.8) is 0 Å². The molecule has 0 aliphatic carbocycles. The zero-order chi connectivity index (χ0) is 27.3. The molecule has 3 aromatic rings. The number of ether oxygens (including phenoxy) is 1. The lowest BCUT2D eigenvalue weighted by Crippen LogP contribution is -2.45. The number of nitrogens with zero attached hydrogens (tertiary/aromatic N) is 2. The summed E-state index contributed by atoms with van der Waals surface area (Å²) in [5.41, 5.74) is 2.00. The van der Waals surface area contributed by atoms with Crippen LogP contribution in [0.1, 0.15) is 24.8 Å². The Hall–Kier alpha value is -4.35. The van der Waals surface area contributed by atoms with Gasteiger partial charge in [-0.2, -0.15) is 0 Å². The van der Waals surface area contributed by atoms with Crippen molar-refractivity contribution in [1.29, 1.82) is 0 Å². The highest BCUT2D eigenvalue weighted by Crippen LogP contribution is 2.24. The van der Waals surface area contributed by atoms with E-state index in [9.17, 15) is 28.0 Å². The Morgan fingerprint density at radius 2 is 1.97 bits per heavy atom. The first-order valence-corrected chi connectivity index (χ1v) is 12.0. The molecule has 1 aliphatic heterocycles. The van der Waals surface area contributed by atoms with E-state index in [0.29, 0.717) is 35.0 Å². The predicted molar refractivity (Wildman–Crippen MR) is 133 cm³/mol. The predicted octanol–water partition coefficient (Wildman–Crippen LogP) is 2.96. The summed E-state index contributed by atoms with van der Waals surface area (Å²) < 4.78 is 33.4. The topological polar surface area (TPSA) is 142 Å². The molecule has 1 atom stereocenters. The van der Waals surface area contributed by atoms with E-state index in [2.05, 4.69) is 20.0 Å². The van der Waals surface area contributed by atoms with E-state index in [-0.39, 0.29) is 18.7 Å². The molecular formula is C26H26F2N4O6. The standard InChI is InChI=1S/C26H26F2N4O6/c27-26(28,15-38-25(37)29-14-21(33)32-12-4-9-20(32)24(35)36)11-10-16-5-3-6-17(13-16)22-23(34)31-19-8-2-1-7-18(19)30-22/h1-3,5-8,13,20H,4,9-12,14-15H2,(H,29,37)(H,31,34)(H,35,36). The Morgan fingerprint density at radius 3 is 2.76 bits per heavy atom. The number of amides is 2. The van der Waals surface area contributed by atoms with E-state index < -0.39 is 55.1 Å². The van der Waals surface area contributed by atoms with Crippen molar-refractivity contribution in [1.82, 2.24) is 20.2 Å². The Kier molecular flexibility index (Phi) is 7.99. The number of benzene rings is 2. The molecule has 4 rings (SSSR count). The van der Waals surface area contributed by atoms with Gasteiger partial charge in [-0.05, 0) is 43.0 Å². The minimum absolute atomic E-state index is 0.0542. The fourth-order valence-electron chi connectivity index (χ4n) is 4.29. The van der Waals surface area contributed by atoms with E-state index in [1.807, 2.05) is 0 Å². The van der Waals surface area contributed by atoms with Gasteiger partial charge in [-0.15, -0.1) is 0 Å². The number of aromatic nitrogens is 2. The first kappa shape index (κ1) is 26.7. The van der Waals surface area contributed by atoms with E-state index >= 15 is 0 Å². The normalized spacial score (nSPS) is 15.4. The third-order valence-corrected chi connectivity index (χ3v) is 6.24. The number of rotatable bonds is 9. The molecule has 38 heavy (non-hydrogen) atoms. The molecule has 2 aromatic carbocycles. The maximum absolute atomic E-state index is 14.4. The third kappa shape index (κ3) is 6.50. The molecule has 1 fully saturated rings. The highest BCUT2D eigenvalue weighted by Gasteiger charge is 2.34. The van der Waals surface area contributed by atoms with Crippen LogP contribution in [0.15, 0.2) is 53.3 Å². The number of likely N-dealkylation sites (tertiary alicyclic amines) is 1. The number of aliphatic carboxylic acids is 1. The van der Waals surface area contributed by atoms with Gasteiger partial charge in [-0.25, -0.2) is 23.4 Å². The number of aryl methyl sites for hydroxylation is 1. The van der Waals surface area contributed by atoms with Crippen molar-refractivity contribution in [3.8, 4) is 11.3 Å². The molecule has 0 spiro atoms. The average Bonchev–Trinajstić information content (AvgIpc) is 3.40. The third-order valence-electron chi connectivity index (χ3n) is 6.24. The molecule has 1 aromatic heterocycles. The van der Waals surface area contributed by atoms with Crippen LogP contribution in [0.5, 0.6) is 0 Å². The quantitative estimate of drug-likeness (QED) is 0.388. The van der Waals surface area contributed by atoms with Gasteiger partial charge in [0.2, 0.25) is 5.91 Å². The van der Waals surface area contributed by atoms with E-state index in [1.54, 1.807) is 48.5 Å². The summed E-state index contributed by atoms with van der Waals surface area (Å²) in [7, 11) is 0. The number of carbonyl (C=O) groups excluding carboxylic acids is 2. The average molecular weight is 529 g/mol. The van der Waals surface area contributed by atoms with Crippen LogP contribution in [0.2, 0.25) is 0 Å².